The summed E-state index contributed by atoms with van der Waals surface area (Å²) in [6.07, 6.45) is 2.08. The number of carboxylic acid groups (broad SMARTS) is 1. The number of carboxylic acids is 1. The topological polar surface area (TPSA) is 78.9 Å². The minimum absolute atomic E-state index is 0.0378. The largest absolute Gasteiger partial charge is 0.481 e. The fourth-order valence-electron chi connectivity index (χ4n) is 1.51. The monoisotopic (exact) mass is 230 g/mol. The Morgan fingerprint density at radius 3 is 2.88 bits per heavy atom. The van der Waals surface area contributed by atoms with Gasteiger partial charge in [-0.2, -0.15) is 0 Å². The summed E-state index contributed by atoms with van der Waals surface area (Å²) in [4.78, 5) is 23.2. The molecule has 0 aromatic heterocycles. The smallest absolute Gasteiger partial charge is 0.317 e. The van der Waals surface area contributed by atoms with Crippen molar-refractivity contribution in [1.82, 2.24) is 10.2 Å². The van der Waals surface area contributed by atoms with Crippen LogP contribution in [-0.4, -0.2) is 54.9 Å². The molecule has 1 rings (SSSR count). The van der Waals surface area contributed by atoms with E-state index in [0.717, 1.165) is 19.4 Å². The minimum atomic E-state index is -0.904. The summed E-state index contributed by atoms with van der Waals surface area (Å²) < 4.78 is 5.35. The average molecular weight is 230 g/mol. The highest BCUT2D eigenvalue weighted by Gasteiger charge is 2.17. The maximum absolute atomic E-state index is 11.5. The maximum atomic E-state index is 11.5. The number of hydrogen-bond acceptors (Lipinski definition) is 3. The van der Waals surface area contributed by atoms with Gasteiger partial charge in [-0.15, -0.1) is 0 Å². The summed E-state index contributed by atoms with van der Waals surface area (Å²) in [6.45, 7) is 1.47. The first-order chi connectivity index (χ1) is 7.59. The second kappa shape index (κ2) is 6.32. The molecular formula is C10H18N2O4. The van der Waals surface area contributed by atoms with Crippen LogP contribution in [-0.2, 0) is 9.53 Å². The zero-order chi connectivity index (χ0) is 12.0. The molecule has 16 heavy (non-hydrogen) atoms. The Morgan fingerprint density at radius 2 is 2.31 bits per heavy atom. The highest BCUT2D eigenvalue weighted by molar-refractivity contribution is 5.75. The number of carbonyl (C=O) groups is 2. The zero-order valence-corrected chi connectivity index (χ0v) is 9.44. The van der Waals surface area contributed by atoms with Crippen molar-refractivity contribution in [2.24, 2.45) is 0 Å². The first-order valence-corrected chi connectivity index (χ1v) is 5.42. The molecule has 2 N–H and O–H groups in total. The molecule has 1 heterocycles. The minimum Gasteiger partial charge on any atom is -0.481 e. The number of nitrogens with zero attached hydrogens (tertiary/aromatic N) is 1. The van der Waals surface area contributed by atoms with Crippen LogP contribution in [0.25, 0.3) is 0 Å². The molecule has 1 aliphatic heterocycles. The number of nitrogens with one attached hydrogen (secondary N) is 1. The van der Waals surface area contributed by atoms with Crippen LogP contribution in [0.15, 0.2) is 0 Å². The van der Waals surface area contributed by atoms with E-state index < -0.39 is 5.97 Å². The van der Waals surface area contributed by atoms with E-state index in [1.165, 1.54) is 4.90 Å². The van der Waals surface area contributed by atoms with Crippen LogP contribution in [0.5, 0.6) is 0 Å². The van der Waals surface area contributed by atoms with Gasteiger partial charge in [0, 0.05) is 26.7 Å². The lowest BCUT2D eigenvalue weighted by atomic mass is 10.2. The van der Waals surface area contributed by atoms with Gasteiger partial charge >= 0.3 is 12.0 Å². The van der Waals surface area contributed by atoms with Crippen LogP contribution >= 0.6 is 0 Å². The molecule has 1 atom stereocenters. The molecule has 0 radical (unpaired) electrons. The van der Waals surface area contributed by atoms with Crippen LogP contribution in [0.2, 0.25) is 0 Å². The van der Waals surface area contributed by atoms with Crippen LogP contribution in [0, 0.1) is 0 Å². The highest BCUT2D eigenvalue weighted by atomic mass is 16.5. The van der Waals surface area contributed by atoms with Crippen LogP contribution in [0.4, 0.5) is 4.79 Å². The third-order valence-electron chi connectivity index (χ3n) is 2.51. The number of hydrogen-bond donors (Lipinski definition) is 2. The Balaban J connectivity index is 2.15. The van der Waals surface area contributed by atoms with Crippen molar-refractivity contribution >= 4 is 12.0 Å². The first-order valence-electron chi connectivity index (χ1n) is 5.42. The van der Waals surface area contributed by atoms with E-state index in [-0.39, 0.29) is 25.1 Å². The van der Waals surface area contributed by atoms with Gasteiger partial charge in [-0.3, -0.25) is 4.79 Å². The molecule has 0 aromatic rings. The number of aliphatic carboxylic acids is 1. The van der Waals surface area contributed by atoms with Gasteiger partial charge in [0.05, 0.1) is 12.5 Å². The quantitative estimate of drug-likeness (QED) is 0.711. The molecule has 1 unspecified atom stereocenters. The molecule has 2 amide bonds. The van der Waals surface area contributed by atoms with Crippen molar-refractivity contribution in [2.45, 2.75) is 25.4 Å². The third kappa shape index (κ3) is 4.48. The predicted molar refractivity (Wildman–Crippen MR) is 57.3 cm³/mol. The van der Waals surface area contributed by atoms with Gasteiger partial charge in [0.15, 0.2) is 0 Å². The third-order valence-corrected chi connectivity index (χ3v) is 2.51. The molecule has 0 saturated carbocycles. The number of ether oxygens (including phenoxy) is 1. The second-order valence-electron chi connectivity index (χ2n) is 3.89. The average Bonchev–Trinajstić information content (AvgIpc) is 2.75. The molecule has 1 fully saturated rings. The van der Waals surface area contributed by atoms with E-state index in [1.807, 2.05) is 0 Å². The summed E-state index contributed by atoms with van der Waals surface area (Å²) in [7, 11) is 1.58. The van der Waals surface area contributed by atoms with E-state index in [0.29, 0.717) is 6.54 Å². The molecule has 92 valence electrons. The number of urea groups is 1. The molecule has 1 saturated heterocycles. The standard InChI is InChI=1S/C10H18N2O4/c1-12(5-4-9(13)14)10(15)11-7-8-3-2-6-16-8/h8H,2-7H2,1H3,(H,11,15)(H,13,14). The Kier molecular flexibility index (Phi) is 5.04. The van der Waals surface area contributed by atoms with Gasteiger partial charge in [0.1, 0.15) is 0 Å². The first kappa shape index (κ1) is 12.8. The van der Waals surface area contributed by atoms with Crippen molar-refractivity contribution in [3.63, 3.8) is 0 Å². The number of amides is 2. The molecule has 0 bridgehead atoms. The second-order valence-corrected chi connectivity index (χ2v) is 3.89. The van der Waals surface area contributed by atoms with Gasteiger partial charge in [-0.1, -0.05) is 0 Å². The molecule has 0 spiro atoms. The van der Waals surface area contributed by atoms with E-state index in [4.69, 9.17) is 9.84 Å². The summed E-state index contributed by atoms with van der Waals surface area (Å²) in [6, 6.07) is -0.253. The fraction of sp³-hybridized carbons (Fsp3) is 0.800. The fourth-order valence-corrected chi connectivity index (χ4v) is 1.51. The van der Waals surface area contributed by atoms with Crippen LogP contribution in [0.1, 0.15) is 19.3 Å². The lowest BCUT2D eigenvalue weighted by molar-refractivity contribution is -0.137. The molecule has 0 aromatic carbocycles. The zero-order valence-electron chi connectivity index (χ0n) is 9.44. The predicted octanol–water partition coefficient (Wildman–Crippen LogP) is 0.281. The van der Waals surface area contributed by atoms with Crippen molar-refractivity contribution in [3.8, 4) is 0 Å². The van der Waals surface area contributed by atoms with Crippen molar-refractivity contribution in [3.05, 3.63) is 0 Å². The summed E-state index contributed by atoms with van der Waals surface area (Å²) in [5, 5.41) is 11.2. The molecule has 6 heteroatoms. The Hall–Kier alpha value is -1.30. The Morgan fingerprint density at radius 1 is 1.56 bits per heavy atom. The van der Waals surface area contributed by atoms with Crippen LogP contribution in [0.3, 0.4) is 0 Å². The summed E-state index contributed by atoms with van der Waals surface area (Å²) in [5.74, 6) is -0.904. The van der Waals surface area contributed by atoms with Gasteiger partial charge in [0.2, 0.25) is 0 Å². The van der Waals surface area contributed by atoms with Gasteiger partial charge < -0.3 is 20.1 Å². The van der Waals surface area contributed by atoms with E-state index in [1.54, 1.807) is 7.05 Å². The molecule has 0 aliphatic carbocycles. The van der Waals surface area contributed by atoms with Crippen LogP contribution < -0.4 is 5.32 Å². The van der Waals surface area contributed by atoms with Gasteiger partial charge in [-0.05, 0) is 12.8 Å². The normalized spacial score (nSPS) is 19.4. The molecule has 1 aliphatic rings. The maximum Gasteiger partial charge on any atom is 0.317 e. The summed E-state index contributed by atoms with van der Waals surface area (Å²) in [5.41, 5.74) is 0. The SMILES string of the molecule is CN(CCC(=O)O)C(=O)NCC1CCCO1. The van der Waals surface area contributed by atoms with Crippen molar-refractivity contribution in [2.75, 3.05) is 26.7 Å². The molecular weight excluding hydrogens is 212 g/mol. The van der Waals surface area contributed by atoms with Gasteiger partial charge in [-0.25, -0.2) is 4.79 Å². The molecule has 6 nitrogen and oxygen atoms in total. The highest BCUT2D eigenvalue weighted by Crippen LogP contribution is 2.10. The Labute approximate surface area is 94.6 Å². The van der Waals surface area contributed by atoms with Crippen molar-refractivity contribution in [1.29, 1.82) is 0 Å². The van der Waals surface area contributed by atoms with E-state index in [2.05, 4.69) is 5.32 Å². The number of carbonyl (C=O) groups excluding carboxylic acids is 1. The van der Waals surface area contributed by atoms with Crippen molar-refractivity contribution < 1.29 is 19.4 Å². The summed E-state index contributed by atoms with van der Waals surface area (Å²) >= 11 is 0. The number of rotatable bonds is 5. The van der Waals surface area contributed by atoms with Gasteiger partial charge in [0.25, 0.3) is 0 Å². The lowest BCUT2D eigenvalue weighted by Gasteiger charge is -2.18. The Bertz CT molecular complexity index is 251. The lowest BCUT2D eigenvalue weighted by Crippen LogP contribution is -2.41. The van der Waals surface area contributed by atoms with E-state index in [9.17, 15) is 9.59 Å². The van der Waals surface area contributed by atoms with E-state index >= 15 is 0 Å².